The van der Waals surface area contributed by atoms with E-state index in [9.17, 15) is 4.79 Å². The molecular formula is C18H25NO4. The Balaban J connectivity index is 3.08. The first-order chi connectivity index (χ1) is 10.9. The van der Waals surface area contributed by atoms with Crippen LogP contribution in [-0.2, 0) is 25.5 Å². The molecule has 0 aliphatic carbocycles. The van der Waals surface area contributed by atoms with Crippen LogP contribution in [0.2, 0.25) is 0 Å². The van der Waals surface area contributed by atoms with Crippen molar-refractivity contribution >= 4 is 11.7 Å². The topological polar surface area (TPSA) is 57.1 Å². The van der Waals surface area contributed by atoms with E-state index < -0.39 is 5.97 Å². The maximum Gasteiger partial charge on any atom is 0.337 e. The van der Waals surface area contributed by atoms with Gasteiger partial charge in [-0.15, -0.1) is 0 Å². The van der Waals surface area contributed by atoms with Gasteiger partial charge in [-0.2, -0.15) is 0 Å². The van der Waals surface area contributed by atoms with Crippen molar-refractivity contribution in [3.63, 3.8) is 0 Å². The summed E-state index contributed by atoms with van der Waals surface area (Å²) in [6.07, 6.45) is 1.88. The third-order valence-electron chi connectivity index (χ3n) is 3.26. The van der Waals surface area contributed by atoms with Crippen molar-refractivity contribution in [2.75, 3.05) is 14.2 Å². The molecule has 0 bridgehead atoms. The average Bonchev–Trinajstić information content (AvgIpc) is 2.53. The number of carbonyl (C=O) groups excluding carboxylic acids is 1. The lowest BCUT2D eigenvalue weighted by Crippen LogP contribution is -2.09. The molecule has 0 heterocycles. The fraction of sp³-hybridized carbons (Fsp3) is 0.444. The largest absolute Gasteiger partial charge is 0.504 e. The fourth-order valence-electron chi connectivity index (χ4n) is 1.96. The van der Waals surface area contributed by atoms with Gasteiger partial charge in [-0.3, -0.25) is 0 Å². The summed E-state index contributed by atoms with van der Waals surface area (Å²) < 4.78 is 9.76. The highest BCUT2D eigenvalue weighted by Gasteiger charge is 2.13. The highest BCUT2D eigenvalue weighted by Crippen LogP contribution is 2.17. The van der Waals surface area contributed by atoms with Crippen LogP contribution in [0.1, 0.15) is 37.5 Å². The Labute approximate surface area is 137 Å². The van der Waals surface area contributed by atoms with E-state index in [4.69, 9.17) is 14.3 Å². The van der Waals surface area contributed by atoms with Gasteiger partial charge in [0.25, 0.3) is 0 Å². The molecule has 0 aliphatic rings. The summed E-state index contributed by atoms with van der Waals surface area (Å²) >= 11 is 0. The average molecular weight is 319 g/mol. The number of benzene rings is 1. The van der Waals surface area contributed by atoms with Gasteiger partial charge in [-0.25, -0.2) is 4.79 Å². The number of ether oxygens (including phenoxy) is 2. The third-order valence-corrected chi connectivity index (χ3v) is 3.26. The molecule has 0 amide bonds. The molecule has 0 radical (unpaired) electrons. The Morgan fingerprint density at radius 1 is 1.30 bits per heavy atom. The number of esters is 1. The second-order valence-corrected chi connectivity index (χ2v) is 5.52. The molecule has 5 heteroatoms. The molecule has 126 valence electrons. The zero-order valence-electron chi connectivity index (χ0n) is 14.7. The van der Waals surface area contributed by atoms with E-state index in [1.165, 1.54) is 20.5 Å². The summed E-state index contributed by atoms with van der Waals surface area (Å²) in [4.78, 5) is 17.1. The number of nitrogens with zero attached hydrogens (tertiary/aromatic N) is 1. The van der Waals surface area contributed by atoms with Crippen molar-refractivity contribution in [1.82, 2.24) is 0 Å². The van der Waals surface area contributed by atoms with Crippen LogP contribution in [0.4, 0.5) is 0 Å². The minimum atomic E-state index is -0.398. The van der Waals surface area contributed by atoms with E-state index in [0.717, 1.165) is 22.4 Å². The second-order valence-electron chi connectivity index (χ2n) is 5.52. The van der Waals surface area contributed by atoms with Gasteiger partial charge in [-0.05, 0) is 50.5 Å². The molecule has 1 rings (SSSR count). The van der Waals surface area contributed by atoms with E-state index >= 15 is 0 Å². The van der Waals surface area contributed by atoms with Gasteiger partial charge in [0.1, 0.15) is 6.10 Å². The quantitative estimate of drug-likeness (QED) is 0.254. The molecule has 1 aromatic rings. The van der Waals surface area contributed by atoms with E-state index in [0.29, 0.717) is 12.0 Å². The molecule has 23 heavy (non-hydrogen) atoms. The normalized spacial score (nSPS) is 12.3. The first kappa shape index (κ1) is 18.7. The highest BCUT2D eigenvalue weighted by atomic mass is 16.6. The highest BCUT2D eigenvalue weighted by molar-refractivity contribution is 5.98. The van der Waals surface area contributed by atoms with E-state index in [1.54, 1.807) is 0 Å². The smallest absolute Gasteiger partial charge is 0.337 e. The summed E-state index contributed by atoms with van der Waals surface area (Å²) in [7, 11) is 2.86. The van der Waals surface area contributed by atoms with Crippen LogP contribution >= 0.6 is 0 Å². The van der Waals surface area contributed by atoms with Crippen LogP contribution in [0.25, 0.3) is 0 Å². The van der Waals surface area contributed by atoms with Gasteiger partial charge in [0.2, 0.25) is 0 Å². The fourth-order valence-corrected chi connectivity index (χ4v) is 1.96. The van der Waals surface area contributed by atoms with Crippen LogP contribution in [-0.4, -0.2) is 32.0 Å². The number of hydrogen-bond donors (Lipinski definition) is 0. The number of carbonyl (C=O) groups is 1. The SMILES string of the molecule is CO/C=C(\Cc1cc(C(C)=NOC(C)C)ccc1C)C(=O)OC. The Morgan fingerprint density at radius 2 is 2.00 bits per heavy atom. The van der Waals surface area contributed by atoms with Crippen molar-refractivity contribution < 1.29 is 19.1 Å². The number of methoxy groups -OCH3 is 2. The maximum absolute atomic E-state index is 11.8. The molecular weight excluding hydrogens is 294 g/mol. The predicted octanol–water partition coefficient (Wildman–Crippen LogP) is 3.39. The summed E-state index contributed by atoms with van der Waals surface area (Å²) in [6, 6.07) is 5.99. The molecule has 5 nitrogen and oxygen atoms in total. The molecule has 0 atom stereocenters. The zero-order valence-corrected chi connectivity index (χ0v) is 14.7. The van der Waals surface area contributed by atoms with Crippen molar-refractivity contribution in [3.05, 3.63) is 46.7 Å². The Hall–Kier alpha value is -2.30. The minimum absolute atomic E-state index is 0.0328. The number of hydrogen-bond acceptors (Lipinski definition) is 5. The maximum atomic E-state index is 11.8. The van der Waals surface area contributed by atoms with Gasteiger partial charge >= 0.3 is 5.97 Å². The lowest BCUT2D eigenvalue weighted by atomic mass is 9.97. The number of rotatable bonds is 7. The van der Waals surface area contributed by atoms with Crippen LogP contribution in [0.5, 0.6) is 0 Å². The van der Waals surface area contributed by atoms with Crippen molar-refractivity contribution in [2.24, 2.45) is 5.16 Å². The molecule has 0 saturated carbocycles. The second kappa shape index (κ2) is 8.98. The summed E-state index contributed by atoms with van der Waals surface area (Å²) in [5, 5.41) is 4.12. The monoisotopic (exact) mass is 319 g/mol. The number of oxime groups is 1. The van der Waals surface area contributed by atoms with Crippen LogP contribution in [0, 0.1) is 6.92 Å². The molecule has 0 unspecified atom stereocenters. The standard InChI is InChI=1S/C18H25NO4/c1-12(2)23-19-14(4)15-8-7-13(3)16(9-15)10-17(11-21-5)18(20)22-6/h7-9,11-12H,10H2,1-6H3/b17-11+,19-14?. The van der Waals surface area contributed by atoms with Crippen molar-refractivity contribution in [3.8, 4) is 0 Å². The molecule has 0 aliphatic heterocycles. The molecule has 0 N–H and O–H groups in total. The minimum Gasteiger partial charge on any atom is -0.504 e. The molecule has 0 aromatic heterocycles. The summed E-state index contributed by atoms with van der Waals surface area (Å²) in [5.41, 5.74) is 4.29. The van der Waals surface area contributed by atoms with Gasteiger partial charge in [-0.1, -0.05) is 17.3 Å². The lowest BCUT2D eigenvalue weighted by molar-refractivity contribution is -0.136. The summed E-state index contributed by atoms with van der Waals surface area (Å²) in [6.45, 7) is 7.74. The van der Waals surface area contributed by atoms with Crippen molar-refractivity contribution in [2.45, 2.75) is 40.2 Å². The van der Waals surface area contributed by atoms with Crippen LogP contribution < -0.4 is 0 Å². The van der Waals surface area contributed by atoms with Gasteiger partial charge in [0.15, 0.2) is 0 Å². The van der Waals surface area contributed by atoms with Crippen molar-refractivity contribution in [1.29, 1.82) is 0 Å². The third kappa shape index (κ3) is 5.77. The number of aryl methyl sites for hydroxylation is 1. The first-order valence-electron chi connectivity index (χ1n) is 7.49. The van der Waals surface area contributed by atoms with Gasteiger partial charge in [0, 0.05) is 6.42 Å². The summed E-state index contributed by atoms with van der Waals surface area (Å²) in [5.74, 6) is -0.398. The Morgan fingerprint density at radius 3 is 2.57 bits per heavy atom. The van der Waals surface area contributed by atoms with Gasteiger partial charge in [0.05, 0.1) is 31.8 Å². The van der Waals surface area contributed by atoms with E-state index in [2.05, 4.69) is 5.16 Å². The molecule has 1 aromatic carbocycles. The Kier molecular flexibility index (Phi) is 7.32. The zero-order chi connectivity index (χ0) is 17.4. The van der Waals surface area contributed by atoms with Gasteiger partial charge < -0.3 is 14.3 Å². The predicted molar refractivity (Wildman–Crippen MR) is 90.4 cm³/mol. The van der Waals surface area contributed by atoms with E-state index in [-0.39, 0.29) is 6.10 Å². The van der Waals surface area contributed by atoms with E-state index in [1.807, 2.05) is 45.9 Å². The lowest BCUT2D eigenvalue weighted by Gasteiger charge is -2.11. The first-order valence-corrected chi connectivity index (χ1v) is 7.49. The molecule has 0 spiro atoms. The molecule has 0 saturated heterocycles. The van der Waals surface area contributed by atoms with Crippen LogP contribution in [0.3, 0.4) is 0 Å². The Bertz CT molecular complexity index is 603. The van der Waals surface area contributed by atoms with Crippen LogP contribution in [0.15, 0.2) is 35.2 Å². The molecule has 0 fully saturated rings.